The summed E-state index contributed by atoms with van der Waals surface area (Å²) < 4.78 is 0. The number of carbonyl (C=O) groups excluding carboxylic acids is 1. The molecule has 1 aromatic carbocycles. The Morgan fingerprint density at radius 2 is 2.11 bits per heavy atom. The van der Waals surface area contributed by atoms with E-state index in [1.54, 1.807) is 6.07 Å². The summed E-state index contributed by atoms with van der Waals surface area (Å²) in [4.78, 5) is 12.4. The normalized spacial score (nSPS) is 20.9. The van der Waals surface area contributed by atoms with Gasteiger partial charge < -0.3 is 5.32 Å². The van der Waals surface area contributed by atoms with Crippen LogP contribution in [0.4, 0.5) is 0 Å². The molecule has 2 atom stereocenters. The largest absolute Gasteiger partial charge is 0.344 e. The summed E-state index contributed by atoms with van der Waals surface area (Å²) in [6.45, 7) is 0. The van der Waals surface area contributed by atoms with Crippen molar-refractivity contribution in [2.24, 2.45) is 0 Å². The van der Waals surface area contributed by atoms with Crippen molar-refractivity contribution in [3.63, 3.8) is 0 Å². The van der Waals surface area contributed by atoms with Crippen LogP contribution in [-0.2, 0) is 6.42 Å². The molecule has 3 rings (SSSR count). The number of nitrogens with zero attached hydrogens (tertiary/aromatic N) is 2. The molecule has 5 heteroatoms. The highest BCUT2D eigenvalue weighted by Crippen LogP contribution is 2.35. The zero-order valence-electron chi connectivity index (χ0n) is 10.1. The van der Waals surface area contributed by atoms with Gasteiger partial charge in [0.05, 0.1) is 24.0 Å². The molecule has 1 aromatic heterocycles. The second kappa shape index (κ2) is 5.09. The minimum Gasteiger partial charge on any atom is -0.344 e. The Morgan fingerprint density at radius 1 is 1.26 bits per heavy atom. The lowest BCUT2D eigenvalue weighted by atomic mass is 10.1. The highest BCUT2D eigenvalue weighted by molar-refractivity contribution is 9.09. The predicted octanol–water partition coefficient (Wildman–Crippen LogP) is 2.27. The Kier molecular flexibility index (Phi) is 3.29. The number of halogens is 1. The van der Waals surface area contributed by atoms with Crippen LogP contribution in [0.2, 0.25) is 0 Å². The van der Waals surface area contributed by atoms with Crippen LogP contribution in [0.25, 0.3) is 0 Å². The molecule has 1 amide bonds. The van der Waals surface area contributed by atoms with Crippen molar-refractivity contribution in [2.45, 2.75) is 17.3 Å². The first kappa shape index (κ1) is 12.3. The fourth-order valence-corrected chi connectivity index (χ4v) is 3.13. The van der Waals surface area contributed by atoms with Gasteiger partial charge in [-0.05, 0) is 23.6 Å². The zero-order valence-corrected chi connectivity index (χ0v) is 11.7. The maximum Gasteiger partial charge on any atom is 0.253 e. The van der Waals surface area contributed by atoms with E-state index in [0.717, 1.165) is 6.42 Å². The van der Waals surface area contributed by atoms with Crippen molar-refractivity contribution in [1.29, 1.82) is 0 Å². The first-order chi connectivity index (χ1) is 9.25. The van der Waals surface area contributed by atoms with E-state index in [9.17, 15) is 4.79 Å². The Balaban J connectivity index is 1.82. The molecule has 0 saturated carbocycles. The number of hydrogen-bond acceptors (Lipinski definition) is 3. The van der Waals surface area contributed by atoms with Crippen LogP contribution < -0.4 is 5.32 Å². The molecule has 0 saturated heterocycles. The molecule has 0 aliphatic heterocycles. The van der Waals surface area contributed by atoms with Crippen molar-refractivity contribution < 1.29 is 4.79 Å². The molecule has 96 valence electrons. The molecular weight excluding hydrogens is 306 g/mol. The molecule has 19 heavy (non-hydrogen) atoms. The maximum absolute atomic E-state index is 12.2. The second-order valence-electron chi connectivity index (χ2n) is 4.50. The lowest BCUT2D eigenvalue weighted by molar-refractivity contribution is 0.0937. The van der Waals surface area contributed by atoms with Crippen LogP contribution in [0.5, 0.6) is 0 Å². The van der Waals surface area contributed by atoms with Crippen LogP contribution in [0.1, 0.15) is 27.5 Å². The van der Waals surface area contributed by atoms with Crippen LogP contribution in [0.3, 0.4) is 0 Å². The van der Waals surface area contributed by atoms with E-state index >= 15 is 0 Å². The van der Waals surface area contributed by atoms with Crippen LogP contribution in [0.15, 0.2) is 42.7 Å². The van der Waals surface area contributed by atoms with E-state index in [0.29, 0.717) is 5.56 Å². The first-order valence-corrected chi connectivity index (χ1v) is 6.96. The van der Waals surface area contributed by atoms with Gasteiger partial charge in [-0.3, -0.25) is 4.79 Å². The van der Waals surface area contributed by atoms with Gasteiger partial charge in [-0.1, -0.05) is 40.2 Å². The van der Waals surface area contributed by atoms with E-state index in [1.165, 1.54) is 23.5 Å². The average molecular weight is 318 g/mol. The highest BCUT2D eigenvalue weighted by Gasteiger charge is 2.31. The minimum atomic E-state index is -0.124. The van der Waals surface area contributed by atoms with Crippen molar-refractivity contribution in [3.8, 4) is 0 Å². The fraction of sp³-hybridized carbons (Fsp3) is 0.214. The summed E-state index contributed by atoms with van der Waals surface area (Å²) >= 11 is 3.64. The number of nitrogens with one attached hydrogen (secondary N) is 1. The third-order valence-corrected chi connectivity index (χ3v) is 4.15. The van der Waals surface area contributed by atoms with Gasteiger partial charge in [0.15, 0.2) is 0 Å². The van der Waals surface area contributed by atoms with Gasteiger partial charge in [0.1, 0.15) is 0 Å². The van der Waals surface area contributed by atoms with Gasteiger partial charge in [-0.25, -0.2) is 0 Å². The number of aromatic nitrogens is 2. The molecule has 1 N–H and O–H groups in total. The number of hydrogen-bond donors (Lipinski definition) is 1. The number of alkyl halides is 1. The van der Waals surface area contributed by atoms with Crippen LogP contribution in [0, 0.1) is 0 Å². The zero-order chi connectivity index (χ0) is 13.2. The monoisotopic (exact) mass is 317 g/mol. The smallest absolute Gasteiger partial charge is 0.253 e. The van der Waals surface area contributed by atoms with Gasteiger partial charge in [-0.15, -0.1) is 0 Å². The summed E-state index contributed by atoms with van der Waals surface area (Å²) in [5.41, 5.74) is 2.99. The molecule has 1 heterocycles. The van der Waals surface area contributed by atoms with E-state index < -0.39 is 0 Å². The molecule has 0 radical (unpaired) electrons. The number of benzene rings is 1. The number of fused-ring (bicyclic) bond motifs is 1. The summed E-state index contributed by atoms with van der Waals surface area (Å²) in [6, 6.07) is 9.84. The molecule has 4 nitrogen and oxygen atoms in total. The number of amides is 1. The van der Waals surface area contributed by atoms with E-state index in [4.69, 9.17) is 0 Å². The van der Waals surface area contributed by atoms with Gasteiger partial charge in [0, 0.05) is 4.83 Å². The van der Waals surface area contributed by atoms with Crippen molar-refractivity contribution in [1.82, 2.24) is 15.5 Å². The van der Waals surface area contributed by atoms with Crippen molar-refractivity contribution in [2.75, 3.05) is 0 Å². The Labute approximate surface area is 119 Å². The molecule has 0 spiro atoms. The average Bonchev–Trinajstić information content (AvgIpc) is 2.76. The topological polar surface area (TPSA) is 54.9 Å². The van der Waals surface area contributed by atoms with Gasteiger partial charge in [-0.2, -0.15) is 10.2 Å². The highest BCUT2D eigenvalue weighted by atomic mass is 79.9. The Bertz CT molecular complexity index is 603. The Hall–Kier alpha value is -1.75. The predicted molar refractivity (Wildman–Crippen MR) is 75.1 cm³/mol. The second-order valence-corrected chi connectivity index (χ2v) is 5.68. The number of carbonyl (C=O) groups is 1. The molecular formula is C14H12BrN3O. The summed E-state index contributed by atoms with van der Waals surface area (Å²) in [5, 5.41) is 10.4. The third kappa shape index (κ3) is 2.38. The molecule has 0 fully saturated rings. The SMILES string of the molecule is O=C(NC1c2ccccc2CC1Br)c1ccnnc1. The van der Waals surface area contributed by atoms with Gasteiger partial charge in [0.2, 0.25) is 0 Å². The maximum atomic E-state index is 12.2. The van der Waals surface area contributed by atoms with Crippen molar-refractivity contribution >= 4 is 21.8 Å². The molecule has 1 aliphatic carbocycles. The molecule has 2 aromatic rings. The van der Waals surface area contributed by atoms with Crippen molar-refractivity contribution in [3.05, 3.63) is 59.4 Å². The molecule has 1 aliphatic rings. The van der Waals surface area contributed by atoms with Crippen LogP contribution >= 0.6 is 15.9 Å². The van der Waals surface area contributed by atoms with E-state index in [2.05, 4.69) is 43.6 Å². The van der Waals surface area contributed by atoms with Crippen LogP contribution in [-0.4, -0.2) is 20.9 Å². The summed E-state index contributed by atoms with van der Waals surface area (Å²) in [6.07, 6.45) is 3.91. The lowest BCUT2D eigenvalue weighted by Gasteiger charge is -2.17. The Morgan fingerprint density at radius 3 is 2.89 bits per heavy atom. The first-order valence-electron chi connectivity index (χ1n) is 6.05. The third-order valence-electron chi connectivity index (χ3n) is 3.30. The summed E-state index contributed by atoms with van der Waals surface area (Å²) in [7, 11) is 0. The quantitative estimate of drug-likeness (QED) is 0.864. The molecule has 2 unspecified atom stereocenters. The van der Waals surface area contributed by atoms with E-state index in [1.807, 2.05) is 12.1 Å². The standard InChI is InChI=1S/C14H12BrN3O/c15-12-7-9-3-1-2-4-11(9)13(12)18-14(19)10-5-6-16-17-8-10/h1-6,8,12-13H,7H2,(H,18,19). The summed E-state index contributed by atoms with van der Waals surface area (Å²) in [5.74, 6) is -0.124. The van der Waals surface area contributed by atoms with Gasteiger partial charge >= 0.3 is 0 Å². The molecule has 0 bridgehead atoms. The fourth-order valence-electron chi connectivity index (χ4n) is 2.36. The number of rotatable bonds is 2. The lowest BCUT2D eigenvalue weighted by Crippen LogP contribution is -2.31. The van der Waals surface area contributed by atoms with Gasteiger partial charge in [0.25, 0.3) is 5.91 Å². The minimum absolute atomic E-state index is 0.00290. The van der Waals surface area contributed by atoms with E-state index in [-0.39, 0.29) is 16.8 Å².